The summed E-state index contributed by atoms with van der Waals surface area (Å²) in [4.78, 5) is 55.8. The monoisotopic (exact) mass is 584 g/mol. The zero-order valence-electron chi connectivity index (χ0n) is 24.1. The van der Waals surface area contributed by atoms with Crippen molar-refractivity contribution in [3.8, 4) is 23.0 Å². The van der Waals surface area contributed by atoms with Crippen LogP contribution in [0.1, 0.15) is 68.6 Å². The van der Waals surface area contributed by atoms with Crippen molar-refractivity contribution in [2.24, 2.45) is 11.8 Å². The maximum absolute atomic E-state index is 12.7. The number of hydrogen-bond acceptors (Lipinski definition) is 10. The highest BCUT2D eigenvalue weighted by Gasteiger charge is 2.28. The quantitative estimate of drug-likeness (QED) is 0.0358. The third-order valence-electron chi connectivity index (χ3n) is 6.77. The summed E-state index contributed by atoms with van der Waals surface area (Å²) in [5.41, 5.74) is 0.241. The number of aldehydes is 1. The molecular weight excluding hydrogens is 544 g/mol. The van der Waals surface area contributed by atoms with Crippen molar-refractivity contribution in [3.05, 3.63) is 60.7 Å². The number of benzene rings is 2. The van der Waals surface area contributed by atoms with Crippen LogP contribution in [0.25, 0.3) is 0 Å². The first kappa shape index (κ1) is 32.6. The van der Waals surface area contributed by atoms with Crippen LogP contribution < -0.4 is 19.2 Å². The minimum atomic E-state index is -0.385. The third kappa shape index (κ3) is 11.5. The minimum Gasteiger partial charge on any atom is -0.494 e. The van der Waals surface area contributed by atoms with E-state index in [-0.39, 0.29) is 35.1 Å². The van der Waals surface area contributed by atoms with Gasteiger partial charge in [0.15, 0.2) is 17.8 Å². The Morgan fingerprint density at radius 2 is 1.55 bits per heavy atom. The van der Waals surface area contributed by atoms with Crippen LogP contribution in [0.3, 0.4) is 0 Å². The number of rotatable bonds is 19. The lowest BCUT2D eigenvalue weighted by molar-refractivity contribution is -0.218. The van der Waals surface area contributed by atoms with Crippen molar-refractivity contribution in [2.45, 2.75) is 58.3 Å². The van der Waals surface area contributed by atoms with Crippen LogP contribution in [-0.4, -0.2) is 44.7 Å². The SMILES string of the molecule is C=CC(=O)OCCCCCCOc1ccc(OOCC2CCC(C(=O)Oc3ccc(OOCC)c(C=O)c3)CC2)cc1. The number of hydrogen-bond donors (Lipinski definition) is 0. The molecule has 1 aliphatic rings. The second-order valence-corrected chi connectivity index (χ2v) is 9.92. The molecule has 0 heterocycles. The minimum absolute atomic E-state index is 0.212. The largest absolute Gasteiger partial charge is 0.494 e. The van der Waals surface area contributed by atoms with Crippen molar-refractivity contribution < 1.29 is 48.1 Å². The summed E-state index contributed by atoms with van der Waals surface area (Å²) in [5.74, 6) is 1.27. The van der Waals surface area contributed by atoms with Gasteiger partial charge in [-0.1, -0.05) is 6.58 Å². The van der Waals surface area contributed by atoms with E-state index in [1.165, 1.54) is 18.2 Å². The van der Waals surface area contributed by atoms with Crippen LogP contribution in [0.5, 0.6) is 23.0 Å². The Hall–Kier alpha value is -3.89. The lowest BCUT2D eigenvalue weighted by atomic mass is 9.82. The fraction of sp³-hybridized carbons (Fsp3) is 0.469. The van der Waals surface area contributed by atoms with E-state index >= 15 is 0 Å². The molecule has 1 aliphatic carbocycles. The molecule has 0 aromatic heterocycles. The molecule has 2 aromatic carbocycles. The first-order chi connectivity index (χ1) is 20.5. The second-order valence-electron chi connectivity index (χ2n) is 9.92. The summed E-state index contributed by atoms with van der Waals surface area (Å²) in [5, 5.41) is 0. The van der Waals surface area contributed by atoms with E-state index in [2.05, 4.69) is 6.58 Å². The van der Waals surface area contributed by atoms with E-state index in [9.17, 15) is 14.4 Å². The van der Waals surface area contributed by atoms with Gasteiger partial charge >= 0.3 is 11.9 Å². The Morgan fingerprint density at radius 1 is 0.857 bits per heavy atom. The first-order valence-corrected chi connectivity index (χ1v) is 14.4. The lowest BCUT2D eigenvalue weighted by Crippen LogP contribution is -2.27. The van der Waals surface area contributed by atoms with Gasteiger partial charge in [-0.3, -0.25) is 9.59 Å². The first-order valence-electron chi connectivity index (χ1n) is 14.4. The summed E-state index contributed by atoms with van der Waals surface area (Å²) < 4.78 is 16.2. The maximum Gasteiger partial charge on any atom is 0.330 e. The molecule has 0 unspecified atom stereocenters. The number of unbranched alkanes of at least 4 members (excludes halogenated alkanes) is 3. The molecule has 10 nitrogen and oxygen atoms in total. The molecule has 3 rings (SSSR count). The molecule has 42 heavy (non-hydrogen) atoms. The van der Waals surface area contributed by atoms with Gasteiger partial charge in [-0.05, 0) is 107 Å². The van der Waals surface area contributed by atoms with Crippen LogP contribution in [0.2, 0.25) is 0 Å². The Bertz CT molecular complexity index is 1120. The van der Waals surface area contributed by atoms with Crippen molar-refractivity contribution in [1.82, 2.24) is 0 Å². The van der Waals surface area contributed by atoms with Gasteiger partial charge in [0, 0.05) is 6.08 Å². The molecule has 2 aromatic rings. The molecule has 0 bridgehead atoms. The van der Waals surface area contributed by atoms with E-state index < -0.39 is 0 Å². The number of carbonyl (C=O) groups excluding carboxylic acids is 3. The van der Waals surface area contributed by atoms with Crippen molar-refractivity contribution in [1.29, 1.82) is 0 Å². The number of carbonyl (C=O) groups is 3. The van der Waals surface area contributed by atoms with E-state index in [0.29, 0.717) is 57.1 Å². The average Bonchev–Trinajstić information content (AvgIpc) is 3.02. The van der Waals surface area contributed by atoms with Crippen LogP contribution >= 0.6 is 0 Å². The van der Waals surface area contributed by atoms with Gasteiger partial charge in [0.1, 0.15) is 11.5 Å². The van der Waals surface area contributed by atoms with E-state index in [4.69, 9.17) is 33.8 Å². The van der Waals surface area contributed by atoms with Gasteiger partial charge in [0.25, 0.3) is 0 Å². The highest BCUT2D eigenvalue weighted by Crippen LogP contribution is 2.31. The van der Waals surface area contributed by atoms with Crippen molar-refractivity contribution in [3.63, 3.8) is 0 Å². The summed E-state index contributed by atoms with van der Waals surface area (Å²) in [6.45, 7) is 6.91. The predicted octanol–water partition coefficient (Wildman–Crippen LogP) is 6.22. The highest BCUT2D eigenvalue weighted by atomic mass is 17.2. The molecule has 10 heteroatoms. The summed E-state index contributed by atoms with van der Waals surface area (Å²) >= 11 is 0. The highest BCUT2D eigenvalue weighted by molar-refractivity contribution is 5.81. The molecule has 0 radical (unpaired) electrons. The van der Waals surface area contributed by atoms with Crippen molar-refractivity contribution >= 4 is 18.2 Å². The molecule has 1 fully saturated rings. The smallest absolute Gasteiger partial charge is 0.330 e. The Labute approximate surface area is 246 Å². The Morgan fingerprint density at radius 3 is 2.24 bits per heavy atom. The zero-order chi connectivity index (χ0) is 30.0. The van der Waals surface area contributed by atoms with Crippen LogP contribution in [-0.2, 0) is 24.1 Å². The molecule has 1 saturated carbocycles. The zero-order valence-corrected chi connectivity index (χ0v) is 24.1. The average molecular weight is 585 g/mol. The molecule has 0 atom stereocenters. The van der Waals surface area contributed by atoms with Gasteiger partial charge in [0.05, 0.1) is 37.9 Å². The Balaban J connectivity index is 1.27. The van der Waals surface area contributed by atoms with Crippen LogP contribution in [0.4, 0.5) is 0 Å². The van der Waals surface area contributed by atoms with E-state index in [1.54, 1.807) is 25.1 Å². The lowest BCUT2D eigenvalue weighted by Gasteiger charge is -2.26. The Kier molecular flexibility index (Phi) is 14.4. The molecule has 0 saturated heterocycles. The van der Waals surface area contributed by atoms with Crippen LogP contribution in [0.15, 0.2) is 55.1 Å². The second kappa shape index (κ2) is 18.5. The summed E-state index contributed by atoms with van der Waals surface area (Å²) in [6.07, 6.45) is 8.50. The maximum atomic E-state index is 12.7. The molecule has 0 amide bonds. The van der Waals surface area contributed by atoms with Gasteiger partial charge < -0.3 is 24.0 Å². The number of esters is 2. The summed E-state index contributed by atoms with van der Waals surface area (Å²) in [7, 11) is 0. The molecular formula is C32H40O10. The third-order valence-corrected chi connectivity index (χ3v) is 6.77. The van der Waals surface area contributed by atoms with Crippen molar-refractivity contribution in [2.75, 3.05) is 26.4 Å². The van der Waals surface area contributed by atoms with Gasteiger partial charge in [-0.25, -0.2) is 4.79 Å². The predicted molar refractivity (Wildman–Crippen MR) is 153 cm³/mol. The molecule has 0 spiro atoms. The molecule has 228 valence electrons. The van der Waals surface area contributed by atoms with E-state index in [0.717, 1.165) is 44.3 Å². The van der Waals surface area contributed by atoms with E-state index in [1.807, 2.05) is 12.1 Å². The number of ether oxygens (including phenoxy) is 3. The van der Waals surface area contributed by atoms with Crippen LogP contribution in [0, 0.1) is 11.8 Å². The molecule has 0 aliphatic heterocycles. The summed E-state index contributed by atoms with van der Waals surface area (Å²) in [6, 6.07) is 11.8. The van der Waals surface area contributed by atoms with Gasteiger partial charge in [-0.2, -0.15) is 9.78 Å². The normalized spacial score (nSPS) is 16.2. The molecule has 0 N–H and O–H groups in total. The topological polar surface area (TPSA) is 116 Å². The fourth-order valence-corrected chi connectivity index (χ4v) is 4.41. The standard InChI is InChI=1S/C32H40O10/c1-3-31(34)37-20-8-6-5-7-19-36-27-13-15-28(16-14-27)41-39-23-24-9-11-25(12-10-24)32(35)40-29-17-18-30(42-38-4-2)26(21-29)22-33/h3,13-18,21-22,24-25H,1,4-12,19-20,23H2,2H3. The van der Waals surface area contributed by atoms with Gasteiger partial charge in [-0.15, -0.1) is 0 Å². The van der Waals surface area contributed by atoms with Gasteiger partial charge in [0.2, 0.25) is 0 Å². The fourth-order valence-electron chi connectivity index (χ4n) is 4.41.